The molecule has 1 aliphatic rings. The van der Waals surface area contributed by atoms with Gasteiger partial charge in [-0.2, -0.15) is 0 Å². The third-order valence-electron chi connectivity index (χ3n) is 5.27. The molecule has 0 radical (unpaired) electrons. The molecule has 30 heavy (non-hydrogen) atoms. The Morgan fingerprint density at radius 1 is 1.10 bits per heavy atom. The third kappa shape index (κ3) is 3.86. The zero-order valence-corrected chi connectivity index (χ0v) is 18.3. The molecule has 0 saturated carbocycles. The van der Waals surface area contributed by atoms with E-state index in [1.165, 1.54) is 0 Å². The molecule has 152 valence electrons. The molecule has 3 aromatic carbocycles. The van der Waals surface area contributed by atoms with E-state index in [2.05, 4.69) is 22.8 Å². The van der Waals surface area contributed by atoms with Gasteiger partial charge in [0, 0.05) is 31.6 Å². The molecular formula is C23H21N3O2S2. The van der Waals surface area contributed by atoms with Crippen molar-refractivity contribution in [2.75, 3.05) is 19.4 Å². The maximum Gasteiger partial charge on any atom is 0.265 e. The van der Waals surface area contributed by atoms with Gasteiger partial charge >= 0.3 is 0 Å². The molecule has 1 heterocycles. The first-order valence-electron chi connectivity index (χ1n) is 9.56. The van der Waals surface area contributed by atoms with Crippen molar-refractivity contribution in [3.63, 3.8) is 0 Å². The zero-order valence-electron chi connectivity index (χ0n) is 16.6. The summed E-state index contributed by atoms with van der Waals surface area (Å²) in [5.74, 6) is 0.704. The number of Topliss-reactive ketones (excluding diaryl/α,β-unsaturated/α-hetero) is 1. The highest BCUT2D eigenvalue weighted by molar-refractivity contribution is 7.80. The molecule has 1 atom stereocenters. The lowest BCUT2D eigenvalue weighted by Gasteiger charge is -2.35. The van der Waals surface area contributed by atoms with Gasteiger partial charge in [-0.05, 0) is 59.5 Å². The summed E-state index contributed by atoms with van der Waals surface area (Å²) in [6.45, 7) is 0. The van der Waals surface area contributed by atoms with Crippen molar-refractivity contribution < 1.29 is 9.53 Å². The number of carbonyl (C=O) groups excluding carboxylic acids is 1. The number of para-hydroxylation sites is 1. The lowest BCUT2D eigenvalue weighted by molar-refractivity contribution is 0.0948. The summed E-state index contributed by atoms with van der Waals surface area (Å²) < 4.78 is 5.87. The lowest BCUT2D eigenvalue weighted by atomic mass is 9.93. The van der Waals surface area contributed by atoms with Crippen LogP contribution in [0, 0.1) is 0 Å². The van der Waals surface area contributed by atoms with Crippen LogP contribution in [0.1, 0.15) is 28.4 Å². The SMILES string of the molecule is CNC(=S)Nc1ccccc1C(=O)CC1c2cc3ccccc3cc2OC(=S)N1C. The molecule has 1 aliphatic heterocycles. The number of benzene rings is 3. The minimum atomic E-state index is -0.220. The van der Waals surface area contributed by atoms with Crippen LogP contribution < -0.4 is 15.4 Å². The molecular weight excluding hydrogens is 414 g/mol. The van der Waals surface area contributed by atoms with E-state index in [4.69, 9.17) is 29.2 Å². The van der Waals surface area contributed by atoms with Crippen LogP contribution in [0.5, 0.6) is 5.75 Å². The fourth-order valence-corrected chi connectivity index (χ4v) is 3.97. The van der Waals surface area contributed by atoms with E-state index in [1.807, 2.05) is 60.5 Å². The number of ketones is 1. The maximum atomic E-state index is 13.3. The molecule has 0 bridgehead atoms. The summed E-state index contributed by atoms with van der Waals surface area (Å²) in [6.07, 6.45) is 0.260. The van der Waals surface area contributed by atoms with Crippen molar-refractivity contribution in [2.45, 2.75) is 12.5 Å². The number of thiocarbonyl (C=S) groups is 2. The quantitative estimate of drug-likeness (QED) is 0.456. The first-order chi connectivity index (χ1) is 14.5. The zero-order chi connectivity index (χ0) is 21.3. The van der Waals surface area contributed by atoms with Crippen molar-refractivity contribution in [2.24, 2.45) is 0 Å². The van der Waals surface area contributed by atoms with Gasteiger partial charge in [0.05, 0.1) is 11.7 Å². The molecule has 3 aromatic rings. The van der Waals surface area contributed by atoms with Gasteiger partial charge in [-0.25, -0.2) is 0 Å². The van der Waals surface area contributed by atoms with Crippen molar-refractivity contribution in [3.05, 3.63) is 71.8 Å². The fourth-order valence-electron chi connectivity index (χ4n) is 3.64. The number of anilines is 1. The number of nitrogens with one attached hydrogen (secondary N) is 2. The molecule has 5 nitrogen and oxygen atoms in total. The smallest absolute Gasteiger partial charge is 0.265 e. The Bertz CT molecular complexity index is 1160. The van der Waals surface area contributed by atoms with E-state index in [0.29, 0.717) is 27.3 Å². The van der Waals surface area contributed by atoms with E-state index in [0.717, 1.165) is 16.3 Å². The van der Waals surface area contributed by atoms with E-state index >= 15 is 0 Å². The monoisotopic (exact) mass is 435 g/mol. The highest BCUT2D eigenvalue weighted by atomic mass is 32.1. The Kier molecular flexibility index (Phi) is 5.65. The summed E-state index contributed by atoms with van der Waals surface area (Å²) in [4.78, 5) is 15.2. The molecule has 0 amide bonds. The van der Waals surface area contributed by atoms with Crippen LogP contribution >= 0.6 is 24.4 Å². The van der Waals surface area contributed by atoms with Crippen molar-refractivity contribution in [3.8, 4) is 5.75 Å². The predicted octanol–water partition coefficient (Wildman–Crippen LogP) is 4.68. The minimum Gasteiger partial charge on any atom is -0.431 e. The van der Waals surface area contributed by atoms with Gasteiger partial charge in [0.2, 0.25) is 0 Å². The van der Waals surface area contributed by atoms with Crippen LogP contribution in [-0.2, 0) is 0 Å². The first kappa shape index (κ1) is 20.3. The number of ether oxygens (including phenoxy) is 1. The van der Waals surface area contributed by atoms with Crippen molar-refractivity contribution in [1.82, 2.24) is 10.2 Å². The summed E-state index contributed by atoms with van der Waals surface area (Å²) in [6, 6.07) is 19.3. The van der Waals surface area contributed by atoms with Crippen molar-refractivity contribution >= 4 is 57.0 Å². The maximum absolute atomic E-state index is 13.3. The van der Waals surface area contributed by atoms with Crippen LogP contribution in [0.25, 0.3) is 10.8 Å². The second-order valence-corrected chi connectivity index (χ2v) is 7.87. The third-order valence-corrected chi connectivity index (χ3v) is 5.95. The van der Waals surface area contributed by atoms with Gasteiger partial charge in [0.25, 0.3) is 5.17 Å². The van der Waals surface area contributed by atoms with E-state index in [-0.39, 0.29) is 18.2 Å². The molecule has 0 aliphatic carbocycles. The number of hydrogen-bond donors (Lipinski definition) is 2. The molecule has 0 aromatic heterocycles. The van der Waals surface area contributed by atoms with Gasteiger partial charge in [0.1, 0.15) is 5.75 Å². The Morgan fingerprint density at radius 2 is 1.77 bits per heavy atom. The predicted molar refractivity (Wildman–Crippen MR) is 128 cm³/mol. The lowest BCUT2D eigenvalue weighted by Crippen LogP contribution is -2.38. The number of hydrogen-bond acceptors (Lipinski definition) is 4. The summed E-state index contributed by atoms with van der Waals surface area (Å²) in [7, 11) is 3.59. The van der Waals surface area contributed by atoms with Crippen LogP contribution in [-0.4, -0.2) is 35.1 Å². The molecule has 0 saturated heterocycles. The summed E-state index contributed by atoms with van der Waals surface area (Å²) in [5, 5.41) is 8.93. The van der Waals surface area contributed by atoms with Gasteiger partial charge in [0.15, 0.2) is 10.9 Å². The van der Waals surface area contributed by atoms with Gasteiger partial charge in [-0.15, -0.1) is 0 Å². The van der Waals surface area contributed by atoms with Crippen LogP contribution in [0.4, 0.5) is 5.69 Å². The Morgan fingerprint density at radius 3 is 2.50 bits per heavy atom. The van der Waals surface area contributed by atoms with E-state index < -0.39 is 0 Å². The molecule has 7 heteroatoms. The van der Waals surface area contributed by atoms with Crippen molar-refractivity contribution in [1.29, 1.82) is 0 Å². The number of carbonyl (C=O) groups is 1. The van der Waals surface area contributed by atoms with Crippen LogP contribution in [0.2, 0.25) is 0 Å². The number of fused-ring (bicyclic) bond motifs is 2. The molecule has 2 N–H and O–H groups in total. The topological polar surface area (TPSA) is 53.6 Å². The second-order valence-electron chi connectivity index (χ2n) is 7.11. The molecule has 1 unspecified atom stereocenters. The standard InChI is InChI=1S/C23H21N3O2S2/c1-24-22(29)25-18-10-6-5-9-16(18)20(27)13-19-17-11-14-7-3-4-8-15(14)12-21(17)28-23(30)26(19)2/h3-12,19H,13H2,1-2H3,(H2,24,25,29). The van der Waals surface area contributed by atoms with Gasteiger partial charge in [-0.1, -0.05) is 36.4 Å². The Balaban J connectivity index is 1.70. The Labute approximate surface area is 186 Å². The first-order valence-corrected chi connectivity index (χ1v) is 10.4. The van der Waals surface area contributed by atoms with E-state index in [9.17, 15) is 4.79 Å². The average Bonchev–Trinajstić information content (AvgIpc) is 2.76. The largest absolute Gasteiger partial charge is 0.431 e. The molecule has 0 fully saturated rings. The highest BCUT2D eigenvalue weighted by Crippen LogP contribution is 2.39. The highest BCUT2D eigenvalue weighted by Gasteiger charge is 2.32. The van der Waals surface area contributed by atoms with E-state index in [1.54, 1.807) is 7.05 Å². The second kappa shape index (κ2) is 8.38. The summed E-state index contributed by atoms with van der Waals surface area (Å²) >= 11 is 10.6. The number of nitrogens with zero attached hydrogens (tertiary/aromatic N) is 1. The number of rotatable bonds is 4. The molecule has 0 spiro atoms. The average molecular weight is 436 g/mol. The molecule has 4 rings (SSSR count). The normalized spacial score (nSPS) is 15.3. The van der Waals surface area contributed by atoms with Gasteiger partial charge < -0.3 is 20.3 Å². The summed E-state index contributed by atoms with van der Waals surface area (Å²) in [5.41, 5.74) is 2.22. The fraction of sp³-hybridized carbons (Fsp3) is 0.174. The Hall–Kier alpha value is -3.03. The minimum absolute atomic E-state index is 0.00217. The van der Waals surface area contributed by atoms with Gasteiger partial charge in [-0.3, -0.25) is 4.79 Å². The van der Waals surface area contributed by atoms with Crippen LogP contribution in [0.15, 0.2) is 60.7 Å². The van der Waals surface area contributed by atoms with Crippen LogP contribution in [0.3, 0.4) is 0 Å².